The van der Waals surface area contributed by atoms with Gasteiger partial charge in [0.25, 0.3) is 0 Å². The van der Waals surface area contributed by atoms with Gasteiger partial charge in [-0.3, -0.25) is 0 Å². The van der Waals surface area contributed by atoms with Crippen LogP contribution in [0.2, 0.25) is 0 Å². The molecule has 48 valence electrons. The molecule has 8 heavy (non-hydrogen) atoms. The Morgan fingerprint density at radius 2 is 2.25 bits per heavy atom. The molecule has 0 unspecified atom stereocenters. The lowest BCUT2D eigenvalue weighted by molar-refractivity contribution is -0.324. The van der Waals surface area contributed by atoms with Gasteiger partial charge in [-0.25, -0.2) is 15.6 Å². The Hall–Kier alpha value is -0.240. The van der Waals surface area contributed by atoms with Gasteiger partial charge in [0.15, 0.2) is 0 Å². The maximum absolute atomic E-state index is 10.1. The molecule has 0 bridgehead atoms. The molecule has 0 aromatic rings. The standard InChI is InChI=1S/C2H5N3O3/c6-4-2-1-3-5(7)8-4/h3H,1-2H2/q-2. The zero-order valence-corrected chi connectivity index (χ0v) is 4.03. The first kappa shape index (κ1) is 5.89. The van der Waals surface area contributed by atoms with Crippen molar-refractivity contribution in [2.75, 3.05) is 13.1 Å². The Bertz CT molecular complexity index is 70.9. The largest absolute Gasteiger partial charge is 0.761 e. The van der Waals surface area contributed by atoms with E-state index in [1.54, 1.807) is 0 Å². The zero-order chi connectivity index (χ0) is 5.98. The van der Waals surface area contributed by atoms with Crippen molar-refractivity contribution in [1.82, 2.24) is 16.0 Å². The zero-order valence-electron chi connectivity index (χ0n) is 4.03. The minimum Gasteiger partial charge on any atom is -0.761 e. The van der Waals surface area contributed by atoms with Crippen molar-refractivity contribution in [3.8, 4) is 0 Å². The summed E-state index contributed by atoms with van der Waals surface area (Å²) in [7, 11) is 0. The van der Waals surface area contributed by atoms with Crippen LogP contribution >= 0.6 is 0 Å². The topological polar surface area (TPSA) is 73.9 Å². The molecule has 0 amide bonds. The van der Waals surface area contributed by atoms with Crippen molar-refractivity contribution in [2.45, 2.75) is 0 Å². The summed E-state index contributed by atoms with van der Waals surface area (Å²) in [5.41, 5.74) is 2.23. The Balaban J connectivity index is 2.23. The molecular formula is C2H5N3O3-2. The summed E-state index contributed by atoms with van der Waals surface area (Å²) < 4.78 is 0. The maximum Gasteiger partial charge on any atom is 0.0265 e. The van der Waals surface area contributed by atoms with Crippen molar-refractivity contribution < 1.29 is 4.94 Å². The number of rotatable bonds is 0. The lowest BCUT2D eigenvalue weighted by atomic mass is 10.7. The third-order valence-electron chi connectivity index (χ3n) is 0.701. The van der Waals surface area contributed by atoms with Crippen molar-refractivity contribution in [1.29, 1.82) is 0 Å². The summed E-state index contributed by atoms with van der Waals surface area (Å²) in [5.74, 6) is 0. The van der Waals surface area contributed by atoms with Gasteiger partial charge in [0.1, 0.15) is 0 Å². The second-order valence-electron chi connectivity index (χ2n) is 1.30. The molecule has 0 aromatic carbocycles. The summed E-state index contributed by atoms with van der Waals surface area (Å²) in [5, 5.41) is 20.3. The Kier molecular flexibility index (Phi) is 1.73. The van der Waals surface area contributed by atoms with Gasteiger partial charge < -0.3 is 10.4 Å². The molecule has 1 rings (SSSR count). The number of nitrogens with zero attached hydrogens (tertiary/aromatic N) is 2. The Morgan fingerprint density at radius 1 is 1.50 bits per heavy atom. The highest BCUT2D eigenvalue weighted by molar-refractivity contribution is 4.51. The first-order valence-electron chi connectivity index (χ1n) is 2.12. The van der Waals surface area contributed by atoms with Gasteiger partial charge in [-0.1, -0.05) is 0 Å². The lowest BCUT2D eigenvalue weighted by Crippen LogP contribution is -2.47. The molecule has 0 aromatic heterocycles. The van der Waals surface area contributed by atoms with Crippen molar-refractivity contribution >= 4 is 0 Å². The molecule has 0 aliphatic carbocycles. The Labute approximate surface area is 45.7 Å². The van der Waals surface area contributed by atoms with Crippen LogP contribution in [-0.4, -0.2) is 23.7 Å². The van der Waals surface area contributed by atoms with E-state index in [2.05, 4.69) is 10.4 Å². The molecule has 1 N–H and O–H groups in total. The van der Waals surface area contributed by atoms with E-state index in [-0.39, 0.29) is 17.1 Å². The summed E-state index contributed by atoms with van der Waals surface area (Å²) in [6.07, 6.45) is 0. The predicted molar refractivity (Wildman–Crippen MR) is 24.4 cm³/mol. The van der Waals surface area contributed by atoms with Crippen molar-refractivity contribution in [2.24, 2.45) is 0 Å². The minimum absolute atomic E-state index is 0.0243. The van der Waals surface area contributed by atoms with Gasteiger partial charge in [-0.2, -0.15) is 5.34 Å². The van der Waals surface area contributed by atoms with Crippen LogP contribution in [0.3, 0.4) is 0 Å². The molecule has 1 aliphatic heterocycles. The number of hydrazine groups is 1. The van der Waals surface area contributed by atoms with E-state index in [9.17, 15) is 10.4 Å². The van der Waals surface area contributed by atoms with Crippen LogP contribution in [0.5, 0.6) is 0 Å². The molecule has 0 atom stereocenters. The van der Waals surface area contributed by atoms with Crippen molar-refractivity contribution in [3.63, 3.8) is 0 Å². The molecule has 0 saturated carbocycles. The molecule has 1 heterocycles. The number of hydrogen-bond acceptors (Lipinski definition) is 6. The van der Waals surface area contributed by atoms with Crippen LogP contribution in [0.15, 0.2) is 0 Å². The maximum atomic E-state index is 10.1. The smallest absolute Gasteiger partial charge is 0.0265 e. The SMILES string of the molecule is [O-]N1CCNN([O-])O1. The van der Waals surface area contributed by atoms with Gasteiger partial charge in [-0.15, -0.1) is 0 Å². The highest BCUT2D eigenvalue weighted by Crippen LogP contribution is 1.93. The van der Waals surface area contributed by atoms with E-state index in [1.165, 1.54) is 0 Å². The molecule has 6 nitrogen and oxygen atoms in total. The third-order valence-corrected chi connectivity index (χ3v) is 0.701. The monoisotopic (exact) mass is 119 g/mol. The molecule has 0 radical (unpaired) electrons. The number of hydroxylamine groups is 2. The van der Waals surface area contributed by atoms with Crippen LogP contribution in [0, 0.1) is 10.4 Å². The highest BCUT2D eigenvalue weighted by Gasteiger charge is 2.00. The second-order valence-corrected chi connectivity index (χ2v) is 1.30. The van der Waals surface area contributed by atoms with Crippen molar-refractivity contribution in [3.05, 3.63) is 10.4 Å². The number of nitrogens with one attached hydrogen (secondary N) is 1. The van der Waals surface area contributed by atoms with Crippen LogP contribution in [0.1, 0.15) is 0 Å². The first-order chi connectivity index (χ1) is 3.79. The molecule has 6 heteroatoms. The van der Waals surface area contributed by atoms with E-state index in [4.69, 9.17) is 0 Å². The minimum atomic E-state index is 0.0243. The van der Waals surface area contributed by atoms with E-state index in [0.29, 0.717) is 6.54 Å². The van der Waals surface area contributed by atoms with Gasteiger partial charge >= 0.3 is 0 Å². The van der Waals surface area contributed by atoms with Crippen LogP contribution in [0.4, 0.5) is 0 Å². The van der Waals surface area contributed by atoms with Crippen LogP contribution in [-0.2, 0) is 4.94 Å². The average molecular weight is 119 g/mol. The number of hydrogen-bond donors (Lipinski definition) is 1. The molecular weight excluding hydrogens is 114 g/mol. The quantitative estimate of drug-likeness (QED) is 0.438. The molecule has 1 saturated heterocycles. The van der Waals surface area contributed by atoms with Gasteiger partial charge in [0.05, 0.1) is 0 Å². The summed E-state index contributed by atoms with van der Waals surface area (Å²) in [6.45, 7) is 0.506. The highest BCUT2D eigenvalue weighted by atomic mass is 17.1. The molecule has 0 spiro atoms. The Morgan fingerprint density at radius 3 is 2.62 bits per heavy atom. The normalized spacial score (nSPS) is 26.2. The first-order valence-corrected chi connectivity index (χ1v) is 2.12. The second kappa shape index (κ2) is 2.35. The summed E-state index contributed by atoms with van der Waals surface area (Å²) in [4.78, 5) is 3.93. The lowest BCUT2D eigenvalue weighted by Gasteiger charge is -2.40. The van der Waals surface area contributed by atoms with E-state index in [0.717, 1.165) is 0 Å². The van der Waals surface area contributed by atoms with E-state index < -0.39 is 0 Å². The third kappa shape index (κ3) is 1.37. The molecule has 1 fully saturated rings. The van der Waals surface area contributed by atoms with Gasteiger partial charge in [-0.05, 0) is 0 Å². The fraction of sp³-hybridized carbons (Fsp3) is 1.00. The summed E-state index contributed by atoms with van der Waals surface area (Å²) in [6, 6.07) is 0. The molecule has 1 aliphatic rings. The summed E-state index contributed by atoms with van der Waals surface area (Å²) >= 11 is 0. The van der Waals surface area contributed by atoms with E-state index >= 15 is 0 Å². The van der Waals surface area contributed by atoms with Crippen LogP contribution < -0.4 is 5.43 Å². The fourth-order valence-electron chi connectivity index (χ4n) is 0.385. The predicted octanol–water partition coefficient (Wildman–Crippen LogP) is -1.05. The van der Waals surface area contributed by atoms with Crippen LogP contribution in [0.25, 0.3) is 0 Å². The average Bonchev–Trinajstić information content (AvgIpc) is 1.64. The fourth-order valence-corrected chi connectivity index (χ4v) is 0.385. The van der Waals surface area contributed by atoms with Gasteiger partial charge in [0, 0.05) is 13.1 Å². The van der Waals surface area contributed by atoms with Gasteiger partial charge in [0.2, 0.25) is 0 Å². The van der Waals surface area contributed by atoms with E-state index in [1.807, 2.05) is 0 Å².